The average molecular weight is 491 g/mol. The van der Waals surface area contributed by atoms with Gasteiger partial charge in [0.05, 0.1) is 11.8 Å². The number of carboxylic acids is 1. The standard InChI is InChI=1S/C29H38N4O3/c34-28(31-18-26(29(35)36)25-10-2-1-9-24(25)20-11-12-20)22-7-4-16-33(19-22)17-5-8-23-14-13-21-6-3-15-30-27(21)32-23/h1-2,9-10,13-14,20,22,26H,3-8,11-12,15-19H2,(H,30,32)(H,31,34)(H,35,36). The van der Waals surface area contributed by atoms with Crippen molar-refractivity contribution in [2.24, 2.45) is 5.92 Å². The number of aryl methyl sites for hydroxylation is 2. The number of carboxylic acid groups (broad SMARTS) is 1. The number of anilines is 1. The summed E-state index contributed by atoms with van der Waals surface area (Å²) in [6.45, 7) is 3.84. The Bertz CT molecular complexity index is 1080. The Labute approximate surface area is 213 Å². The Kier molecular flexibility index (Phi) is 7.85. The normalized spacial score (nSPS) is 20.7. The Morgan fingerprint density at radius 1 is 1.14 bits per heavy atom. The van der Waals surface area contributed by atoms with Gasteiger partial charge < -0.3 is 20.6 Å². The van der Waals surface area contributed by atoms with Gasteiger partial charge in [-0.2, -0.15) is 0 Å². The van der Waals surface area contributed by atoms with Crippen LogP contribution < -0.4 is 10.6 Å². The van der Waals surface area contributed by atoms with Gasteiger partial charge in [-0.05, 0) is 93.1 Å². The Morgan fingerprint density at radius 2 is 2.00 bits per heavy atom. The molecule has 1 aromatic heterocycles. The summed E-state index contributed by atoms with van der Waals surface area (Å²) in [4.78, 5) is 32.3. The number of pyridine rings is 1. The summed E-state index contributed by atoms with van der Waals surface area (Å²) < 4.78 is 0. The predicted octanol–water partition coefficient (Wildman–Crippen LogP) is 3.95. The van der Waals surface area contributed by atoms with Crippen LogP contribution in [0.2, 0.25) is 0 Å². The van der Waals surface area contributed by atoms with Crippen molar-refractivity contribution >= 4 is 17.7 Å². The zero-order chi connectivity index (χ0) is 24.9. The minimum Gasteiger partial charge on any atom is -0.481 e. The maximum Gasteiger partial charge on any atom is 0.312 e. The minimum atomic E-state index is -0.875. The number of hydrogen-bond acceptors (Lipinski definition) is 5. The number of likely N-dealkylation sites (tertiary alicyclic amines) is 1. The highest BCUT2D eigenvalue weighted by molar-refractivity contribution is 5.81. The van der Waals surface area contributed by atoms with E-state index in [0.29, 0.717) is 5.92 Å². The van der Waals surface area contributed by atoms with Gasteiger partial charge in [-0.1, -0.05) is 30.3 Å². The first-order valence-electron chi connectivity index (χ1n) is 13.6. The van der Waals surface area contributed by atoms with Crippen LogP contribution >= 0.6 is 0 Å². The molecule has 1 saturated heterocycles. The van der Waals surface area contributed by atoms with Crippen LogP contribution in [0.4, 0.5) is 5.82 Å². The average Bonchev–Trinajstić information content (AvgIpc) is 3.74. The molecule has 7 heteroatoms. The fraction of sp³-hybridized carbons (Fsp3) is 0.552. The first kappa shape index (κ1) is 24.8. The van der Waals surface area contributed by atoms with Gasteiger partial charge in [0.2, 0.25) is 5.91 Å². The maximum atomic E-state index is 13.0. The second-order valence-electron chi connectivity index (χ2n) is 10.6. The van der Waals surface area contributed by atoms with E-state index >= 15 is 0 Å². The van der Waals surface area contributed by atoms with Gasteiger partial charge in [0.1, 0.15) is 5.82 Å². The summed E-state index contributed by atoms with van der Waals surface area (Å²) in [6, 6.07) is 12.2. The molecule has 2 atom stereocenters. The van der Waals surface area contributed by atoms with E-state index in [0.717, 1.165) is 93.8 Å². The SMILES string of the molecule is O=C(NCC(C(=O)O)c1ccccc1C1CC1)C1CCCN(CCCc2ccc3c(n2)NCCC3)C1. The molecule has 2 aliphatic heterocycles. The summed E-state index contributed by atoms with van der Waals surface area (Å²) in [7, 11) is 0. The highest BCUT2D eigenvalue weighted by atomic mass is 16.4. The number of piperidine rings is 1. The summed E-state index contributed by atoms with van der Waals surface area (Å²) in [5.74, 6) is -0.162. The Hall–Kier alpha value is -2.93. The van der Waals surface area contributed by atoms with E-state index in [1.807, 2.05) is 24.3 Å². The number of aliphatic carboxylic acids is 1. The molecule has 3 N–H and O–H groups in total. The van der Waals surface area contributed by atoms with E-state index < -0.39 is 11.9 Å². The molecule has 192 valence electrons. The number of fused-ring (bicyclic) bond motifs is 1. The quantitative estimate of drug-likeness (QED) is 0.467. The zero-order valence-electron chi connectivity index (χ0n) is 21.0. The van der Waals surface area contributed by atoms with Crippen LogP contribution in [0, 0.1) is 5.92 Å². The molecule has 3 aliphatic rings. The maximum absolute atomic E-state index is 13.0. The molecular weight excluding hydrogens is 452 g/mol. The largest absolute Gasteiger partial charge is 0.481 e. The van der Waals surface area contributed by atoms with Gasteiger partial charge in [0.25, 0.3) is 0 Å². The molecule has 0 spiro atoms. The molecule has 1 amide bonds. The van der Waals surface area contributed by atoms with Crippen LogP contribution in [0.1, 0.15) is 72.7 Å². The van der Waals surface area contributed by atoms with E-state index in [1.165, 1.54) is 12.0 Å². The van der Waals surface area contributed by atoms with Crippen LogP contribution in [0.3, 0.4) is 0 Å². The van der Waals surface area contributed by atoms with E-state index in [2.05, 4.69) is 27.7 Å². The molecule has 2 fully saturated rings. The molecule has 7 nitrogen and oxygen atoms in total. The minimum absolute atomic E-state index is 0.0164. The molecule has 1 saturated carbocycles. The highest BCUT2D eigenvalue weighted by Crippen LogP contribution is 2.43. The topological polar surface area (TPSA) is 94.6 Å². The molecule has 1 aliphatic carbocycles. The van der Waals surface area contributed by atoms with Crippen molar-refractivity contribution in [2.45, 2.75) is 63.2 Å². The van der Waals surface area contributed by atoms with Crippen LogP contribution in [-0.2, 0) is 22.4 Å². The van der Waals surface area contributed by atoms with E-state index in [9.17, 15) is 14.7 Å². The highest BCUT2D eigenvalue weighted by Gasteiger charge is 2.32. The molecule has 2 aromatic rings. The lowest BCUT2D eigenvalue weighted by Gasteiger charge is -2.32. The number of benzene rings is 1. The van der Waals surface area contributed by atoms with Crippen molar-refractivity contribution in [1.29, 1.82) is 0 Å². The molecular formula is C29H38N4O3. The number of aromatic nitrogens is 1. The van der Waals surface area contributed by atoms with Crippen molar-refractivity contribution in [2.75, 3.05) is 38.0 Å². The Morgan fingerprint density at radius 3 is 2.83 bits per heavy atom. The molecule has 1 aromatic carbocycles. The summed E-state index contributed by atoms with van der Waals surface area (Å²) in [5, 5.41) is 16.3. The summed E-state index contributed by atoms with van der Waals surface area (Å²) in [6.07, 6.45) is 8.31. The molecule has 0 radical (unpaired) electrons. The third-order valence-electron chi connectivity index (χ3n) is 7.90. The predicted molar refractivity (Wildman–Crippen MR) is 140 cm³/mol. The monoisotopic (exact) mass is 490 g/mol. The molecule has 2 unspecified atom stereocenters. The first-order valence-corrected chi connectivity index (χ1v) is 13.6. The second kappa shape index (κ2) is 11.4. The van der Waals surface area contributed by atoms with Crippen LogP contribution in [0.15, 0.2) is 36.4 Å². The number of amides is 1. The van der Waals surface area contributed by atoms with Crippen molar-refractivity contribution in [3.63, 3.8) is 0 Å². The number of nitrogens with one attached hydrogen (secondary N) is 2. The van der Waals surface area contributed by atoms with Crippen molar-refractivity contribution in [3.8, 4) is 0 Å². The smallest absolute Gasteiger partial charge is 0.312 e. The van der Waals surface area contributed by atoms with E-state index in [4.69, 9.17) is 4.98 Å². The van der Waals surface area contributed by atoms with Crippen molar-refractivity contribution < 1.29 is 14.7 Å². The van der Waals surface area contributed by atoms with Crippen LogP contribution in [-0.4, -0.2) is 59.6 Å². The second-order valence-corrected chi connectivity index (χ2v) is 10.6. The van der Waals surface area contributed by atoms with Gasteiger partial charge in [-0.15, -0.1) is 0 Å². The van der Waals surface area contributed by atoms with E-state index in [1.54, 1.807) is 0 Å². The van der Waals surface area contributed by atoms with E-state index in [-0.39, 0.29) is 18.4 Å². The number of carbonyl (C=O) groups is 2. The van der Waals surface area contributed by atoms with Gasteiger partial charge in [0, 0.05) is 25.3 Å². The van der Waals surface area contributed by atoms with Gasteiger partial charge in [-0.25, -0.2) is 4.98 Å². The lowest BCUT2D eigenvalue weighted by molar-refractivity contribution is -0.138. The van der Waals surface area contributed by atoms with Crippen molar-refractivity contribution in [1.82, 2.24) is 15.2 Å². The first-order chi connectivity index (χ1) is 17.6. The molecule has 5 rings (SSSR count). The fourth-order valence-electron chi connectivity index (χ4n) is 5.74. The third-order valence-corrected chi connectivity index (χ3v) is 7.90. The van der Waals surface area contributed by atoms with Crippen molar-refractivity contribution in [3.05, 3.63) is 58.8 Å². The number of nitrogens with zero attached hydrogens (tertiary/aromatic N) is 2. The third kappa shape index (κ3) is 6.06. The van der Waals surface area contributed by atoms with Gasteiger partial charge in [-0.3, -0.25) is 9.59 Å². The Balaban J connectivity index is 1.11. The molecule has 3 heterocycles. The summed E-state index contributed by atoms with van der Waals surface area (Å²) in [5.41, 5.74) is 4.42. The lowest BCUT2D eigenvalue weighted by Crippen LogP contribution is -2.44. The molecule has 0 bridgehead atoms. The fourth-order valence-corrected chi connectivity index (χ4v) is 5.74. The van der Waals surface area contributed by atoms with Crippen LogP contribution in [0.25, 0.3) is 0 Å². The number of hydrogen-bond donors (Lipinski definition) is 3. The van der Waals surface area contributed by atoms with Crippen LogP contribution in [0.5, 0.6) is 0 Å². The number of carbonyl (C=O) groups excluding carboxylic acids is 1. The van der Waals surface area contributed by atoms with Gasteiger partial charge >= 0.3 is 5.97 Å². The zero-order valence-corrected chi connectivity index (χ0v) is 21.0. The molecule has 36 heavy (non-hydrogen) atoms. The lowest BCUT2D eigenvalue weighted by atomic mass is 9.91. The van der Waals surface area contributed by atoms with Gasteiger partial charge in [0.15, 0.2) is 0 Å². The number of rotatable bonds is 10. The summed E-state index contributed by atoms with van der Waals surface area (Å²) >= 11 is 0.